The van der Waals surface area contributed by atoms with Gasteiger partial charge in [0.1, 0.15) is 0 Å². The van der Waals surface area contributed by atoms with Crippen LogP contribution < -0.4 is 5.73 Å². The van der Waals surface area contributed by atoms with E-state index in [0.717, 1.165) is 25.3 Å². The molecule has 0 aromatic carbocycles. The maximum absolute atomic E-state index is 5.67. The predicted octanol–water partition coefficient (Wildman–Crippen LogP) is 0.594. The van der Waals surface area contributed by atoms with Gasteiger partial charge in [0.05, 0.1) is 5.69 Å². The third kappa shape index (κ3) is 1.65. The van der Waals surface area contributed by atoms with Crippen molar-refractivity contribution in [2.24, 2.45) is 5.73 Å². The highest BCUT2D eigenvalue weighted by molar-refractivity contribution is 7.05. The Morgan fingerprint density at radius 3 is 3.00 bits per heavy atom. The van der Waals surface area contributed by atoms with Crippen molar-refractivity contribution >= 4 is 11.5 Å². The van der Waals surface area contributed by atoms with E-state index in [2.05, 4.69) is 15.3 Å². The zero-order chi connectivity index (χ0) is 8.55. The van der Waals surface area contributed by atoms with Crippen molar-refractivity contribution in [1.29, 1.82) is 0 Å². The van der Waals surface area contributed by atoms with E-state index in [1.807, 2.05) is 6.92 Å². The highest BCUT2D eigenvalue weighted by atomic mass is 32.1. The molecule has 0 atom stereocenters. The average molecular weight is 183 g/mol. The zero-order valence-electron chi connectivity index (χ0n) is 7.16. The lowest BCUT2D eigenvalue weighted by Gasteiger charge is -2.36. The van der Waals surface area contributed by atoms with Gasteiger partial charge in [0.15, 0.2) is 0 Å². The fourth-order valence-electron chi connectivity index (χ4n) is 1.45. The lowest BCUT2D eigenvalue weighted by atomic mass is 10.1. The summed E-state index contributed by atoms with van der Waals surface area (Å²) in [7, 11) is 0. The fraction of sp³-hybridized carbons (Fsp3) is 0.625. The van der Waals surface area contributed by atoms with Crippen LogP contribution in [0.1, 0.15) is 10.6 Å². The Hall–Kier alpha value is -0.450. The molecule has 1 fully saturated rings. The molecule has 2 N–H and O–H groups in total. The van der Waals surface area contributed by atoms with Crippen LogP contribution in [0.5, 0.6) is 0 Å². The van der Waals surface area contributed by atoms with Gasteiger partial charge in [-0.15, -0.1) is 0 Å². The summed E-state index contributed by atoms with van der Waals surface area (Å²) >= 11 is 1.60. The number of rotatable bonds is 2. The first-order chi connectivity index (χ1) is 5.74. The van der Waals surface area contributed by atoms with Crippen molar-refractivity contribution < 1.29 is 0 Å². The van der Waals surface area contributed by atoms with Gasteiger partial charge in [0, 0.05) is 30.6 Å². The lowest BCUT2D eigenvalue weighted by Crippen LogP contribution is -2.54. The molecule has 0 unspecified atom stereocenters. The molecule has 1 aromatic rings. The van der Waals surface area contributed by atoms with Crippen LogP contribution >= 0.6 is 11.5 Å². The molecule has 0 amide bonds. The average Bonchev–Trinajstić information content (AvgIpc) is 2.33. The van der Waals surface area contributed by atoms with E-state index in [1.54, 1.807) is 11.5 Å². The Bertz CT molecular complexity index is 265. The highest BCUT2D eigenvalue weighted by Gasteiger charge is 2.22. The van der Waals surface area contributed by atoms with E-state index in [1.165, 1.54) is 4.88 Å². The van der Waals surface area contributed by atoms with Crippen molar-refractivity contribution in [3.63, 3.8) is 0 Å². The van der Waals surface area contributed by atoms with Crippen LogP contribution in [0.25, 0.3) is 0 Å². The van der Waals surface area contributed by atoms with Crippen molar-refractivity contribution in [2.75, 3.05) is 13.1 Å². The molecule has 66 valence electrons. The molecule has 0 saturated carbocycles. The molecule has 0 radical (unpaired) electrons. The maximum Gasteiger partial charge on any atom is 0.0514 e. The molecule has 1 aliphatic rings. The summed E-state index contributed by atoms with van der Waals surface area (Å²) in [5.74, 6) is 0. The Balaban J connectivity index is 1.88. The summed E-state index contributed by atoms with van der Waals surface area (Å²) < 4.78 is 4.23. The van der Waals surface area contributed by atoms with Crippen LogP contribution in [0, 0.1) is 6.92 Å². The van der Waals surface area contributed by atoms with E-state index in [4.69, 9.17) is 5.73 Å². The van der Waals surface area contributed by atoms with Crippen molar-refractivity contribution in [1.82, 2.24) is 9.27 Å². The van der Waals surface area contributed by atoms with Crippen LogP contribution in [0.15, 0.2) is 6.07 Å². The summed E-state index contributed by atoms with van der Waals surface area (Å²) in [6.07, 6.45) is 0. The number of nitrogens with zero attached hydrogens (tertiary/aromatic N) is 2. The minimum absolute atomic E-state index is 0.402. The number of likely N-dealkylation sites (tertiary alicyclic amines) is 1. The predicted molar refractivity (Wildman–Crippen MR) is 50.1 cm³/mol. The third-order valence-corrected chi connectivity index (χ3v) is 2.90. The summed E-state index contributed by atoms with van der Waals surface area (Å²) in [5, 5.41) is 0. The zero-order valence-corrected chi connectivity index (χ0v) is 7.97. The van der Waals surface area contributed by atoms with Gasteiger partial charge in [0.25, 0.3) is 0 Å². The second kappa shape index (κ2) is 3.12. The summed E-state index contributed by atoms with van der Waals surface area (Å²) in [4.78, 5) is 3.69. The van der Waals surface area contributed by atoms with Gasteiger partial charge in [-0.2, -0.15) is 4.37 Å². The second-order valence-electron chi connectivity index (χ2n) is 3.39. The Kier molecular flexibility index (Phi) is 2.12. The third-order valence-electron chi connectivity index (χ3n) is 2.04. The molecule has 4 heteroatoms. The van der Waals surface area contributed by atoms with Crippen molar-refractivity contribution in [3.8, 4) is 0 Å². The van der Waals surface area contributed by atoms with Gasteiger partial charge in [-0.3, -0.25) is 4.90 Å². The van der Waals surface area contributed by atoms with Crippen LogP contribution in [-0.4, -0.2) is 28.4 Å². The van der Waals surface area contributed by atoms with Gasteiger partial charge in [-0.1, -0.05) is 0 Å². The smallest absolute Gasteiger partial charge is 0.0514 e. The molecule has 0 spiro atoms. The minimum Gasteiger partial charge on any atom is -0.325 e. The van der Waals surface area contributed by atoms with Gasteiger partial charge in [-0.25, -0.2) is 0 Å². The molecule has 1 aliphatic heterocycles. The van der Waals surface area contributed by atoms with E-state index < -0.39 is 0 Å². The summed E-state index contributed by atoms with van der Waals surface area (Å²) in [5.41, 5.74) is 6.80. The first-order valence-corrected chi connectivity index (χ1v) is 4.91. The number of nitrogens with two attached hydrogens (primary N) is 1. The molecule has 2 heterocycles. The first-order valence-electron chi connectivity index (χ1n) is 4.14. The molecular formula is C8H13N3S. The van der Waals surface area contributed by atoms with E-state index in [9.17, 15) is 0 Å². The number of aromatic nitrogens is 1. The SMILES string of the molecule is Cc1cc(CN2CC(N)C2)sn1. The summed E-state index contributed by atoms with van der Waals surface area (Å²) in [6, 6.07) is 2.55. The molecule has 0 aliphatic carbocycles. The molecule has 2 rings (SSSR count). The van der Waals surface area contributed by atoms with E-state index in [-0.39, 0.29) is 0 Å². The number of hydrogen-bond donors (Lipinski definition) is 1. The van der Waals surface area contributed by atoms with Gasteiger partial charge < -0.3 is 5.73 Å². The maximum atomic E-state index is 5.67. The lowest BCUT2D eigenvalue weighted by molar-refractivity contribution is 0.144. The first kappa shape index (κ1) is 8.16. The van der Waals surface area contributed by atoms with E-state index in [0.29, 0.717) is 6.04 Å². The van der Waals surface area contributed by atoms with Crippen molar-refractivity contribution in [3.05, 3.63) is 16.6 Å². The quantitative estimate of drug-likeness (QED) is 0.730. The fourth-order valence-corrected chi connectivity index (χ4v) is 2.23. The van der Waals surface area contributed by atoms with Crippen LogP contribution in [0.3, 0.4) is 0 Å². The Morgan fingerprint density at radius 2 is 2.50 bits per heavy atom. The number of hydrogen-bond acceptors (Lipinski definition) is 4. The minimum atomic E-state index is 0.402. The van der Waals surface area contributed by atoms with Crippen LogP contribution in [0.2, 0.25) is 0 Å². The number of aryl methyl sites for hydroxylation is 1. The van der Waals surface area contributed by atoms with Gasteiger partial charge in [-0.05, 0) is 24.5 Å². The normalized spacial score (nSPS) is 19.5. The Morgan fingerprint density at radius 1 is 1.75 bits per heavy atom. The molecule has 3 nitrogen and oxygen atoms in total. The molecule has 1 saturated heterocycles. The molecular weight excluding hydrogens is 170 g/mol. The topological polar surface area (TPSA) is 42.1 Å². The second-order valence-corrected chi connectivity index (χ2v) is 4.28. The molecule has 12 heavy (non-hydrogen) atoms. The van der Waals surface area contributed by atoms with Crippen LogP contribution in [0.4, 0.5) is 0 Å². The summed E-state index contributed by atoms with van der Waals surface area (Å²) in [6.45, 7) is 5.13. The van der Waals surface area contributed by atoms with Gasteiger partial charge in [0.2, 0.25) is 0 Å². The van der Waals surface area contributed by atoms with Gasteiger partial charge >= 0.3 is 0 Å². The Labute approximate surface area is 76.4 Å². The highest BCUT2D eigenvalue weighted by Crippen LogP contribution is 2.15. The molecule has 0 bridgehead atoms. The monoisotopic (exact) mass is 183 g/mol. The molecule has 1 aromatic heterocycles. The van der Waals surface area contributed by atoms with Crippen LogP contribution in [-0.2, 0) is 6.54 Å². The standard InChI is InChI=1S/C8H13N3S/c1-6-2-8(12-10-6)5-11-3-7(9)4-11/h2,7H,3-5,9H2,1H3. The van der Waals surface area contributed by atoms with E-state index >= 15 is 0 Å². The largest absolute Gasteiger partial charge is 0.325 e. The van der Waals surface area contributed by atoms with Crippen molar-refractivity contribution in [2.45, 2.75) is 19.5 Å².